The van der Waals surface area contributed by atoms with Crippen LogP contribution in [0.4, 0.5) is 4.39 Å². The predicted octanol–water partition coefficient (Wildman–Crippen LogP) is 1.79. The summed E-state index contributed by atoms with van der Waals surface area (Å²) in [6.45, 7) is 0. The van der Waals surface area contributed by atoms with Crippen LogP contribution >= 0.6 is 0 Å². The minimum atomic E-state index is -0.412. The summed E-state index contributed by atoms with van der Waals surface area (Å²) in [6.07, 6.45) is 3.07. The monoisotopic (exact) mass is 204 g/mol. The molecule has 3 nitrogen and oxygen atoms in total. The van der Waals surface area contributed by atoms with Crippen LogP contribution in [0.15, 0.2) is 36.7 Å². The van der Waals surface area contributed by atoms with Crippen LogP contribution in [-0.2, 0) is 7.05 Å². The lowest BCUT2D eigenvalue weighted by Crippen LogP contribution is -2.00. The predicted molar refractivity (Wildman–Crippen MR) is 53.0 cm³/mol. The first-order chi connectivity index (χ1) is 7.16. The molecule has 0 unspecified atom stereocenters. The second-order valence-corrected chi connectivity index (χ2v) is 3.24. The molecule has 1 aromatic heterocycles. The van der Waals surface area contributed by atoms with E-state index >= 15 is 0 Å². The number of halogens is 1. The summed E-state index contributed by atoms with van der Waals surface area (Å²) in [5, 5.41) is 3.89. The minimum Gasteiger partial charge on any atom is -0.288 e. The number of benzene rings is 1. The Balaban J connectivity index is 2.36. The number of aryl methyl sites for hydroxylation is 1. The lowest BCUT2D eigenvalue weighted by atomic mass is 10.1. The van der Waals surface area contributed by atoms with Crippen molar-refractivity contribution < 1.29 is 9.18 Å². The highest BCUT2D eigenvalue weighted by atomic mass is 19.1. The molecule has 15 heavy (non-hydrogen) atoms. The second-order valence-electron chi connectivity index (χ2n) is 3.24. The first-order valence-electron chi connectivity index (χ1n) is 4.46. The molecule has 0 aliphatic heterocycles. The maximum absolute atomic E-state index is 12.9. The van der Waals surface area contributed by atoms with Gasteiger partial charge in [-0.05, 0) is 12.1 Å². The molecule has 2 aromatic rings. The molecule has 4 heteroatoms. The number of aromatic nitrogens is 2. The van der Waals surface area contributed by atoms with Crippen LogP contribution in [0.3, 0.4) is 0 Å². The van der Waals surface area contributed by atoms with Crippen LogP contribution in [0, 0.1) is 5.82 Å². The third-order valence-electron chi connectivity index (χ3n) is 2.05. The van der Waals surface area contributed by atoms with Gasteiger partial charge in [0.15, 0.2) is 5.78 Å². The van der Waals surface area contributed by atoms with Crippen molar-refractivity contribution >= 4 is 5.78 Å². The van der Waals surface area contributed by atoms with Crippen LogP contribution in [-0.4, -0.2) is 15.6 Å². The van der Waals surface area contributed by atoms with E-state index in [1.54, 1.807) is 19.3 Å². The molecule has 2 rings (SSSR count). The first kappa shape index (κ1) is 9.58. The third-order valence-corrected chi connectivity index (χ3v) is 2.05. The second kappa shape index (κ2) is 3.65. The summed E-state index contributed by atoms with van der Waals surface area (Å²) < 4.78 is 14.4. The molecular formula is C11H9FN2O. The average molecular weight is 204 g/mol. The van der Waals surface area contributed by atoms with Crippen molar-refractivity contribution in [3.05, 3.63) is 53.6 Å². The minimum absolute atomic E-state index is 0.220. The maximum atomic E-state index is 12.9. The molecular weight excluding hydrogens is 195 g/mol. The zero-order chi connectivity index (χ0) is 10.8. The summed E-state index contributed by atoms with van der Waals surface area (Å²) in [5.74, 6) is -0.632. The molecule has 0 aliphatic carbocycles. The fraction of sp³-hybridized carbons (Fsp3) is 0.0909. The van der Waals surface area contributed by atoms with Gasteiger partial charge in [-0.25, -0.2) is 4.39 Å². The Hall–Kier alpha value is -1.97. The summed E-state index contributed by atoms with van der Waals surface area (Å²) in [7, 11) is 1.72. The van der Waals surface area contributed by atoms with Crippen molar-refractivity contribution in [2.75, 3.05) is 0 Å². The standard InChI is InChI=1S/C11H9FN2O/c1-14-7-9(6-13-14)11(15)8-3-2-4-10(12)5-8/h2-7H,1H3. The largest absolute Gasteiger partial charge is 0.288 e. The Kier molecular flexibility index (Phi) is 2.33. The normalized spacial score (nSPS) is 10.3. The highest BCUT2D eigenvalue weighted by molar-refractivity contribution is 6.08. The van der Waals surface area contributed by atoms with Gasteiger partial charge in [0.2, 0.25) is 0 Å². The molecule has 0 N–H and O–H groups in total. The molecule has 0 radical (unpaired) electrons. The SMILES string of the molecule is Cn1cc(C(=O)c2cccc(F)c2)cn1. The van der Waals surface area contributed by atoms with Gasteiger partial charge >= 0.3 is 0 Å². The summed E-state index contributed by atoms with van der Waals surface area (Å²) in [4.78, 5) is 11.8. The number of ketones is 1. The maximum Gasteiger partial charge on any atom is 0.196 e. The zero-order valence-electron chi connectivity index (χ0n) is 8.14. The smallest absolute Gasteiger partial charge is 0.196 e. The Morgan fingerprint density at radius 3 is 2.80 bits per heavy atom. The van der Waals surface area contributed by atoms with Gasteiger partial charge in [0.25, 0.3) is 0 Å². The molecule has 1 heterocycles. The number of carbonyl (C=O) groups excluding carboxylic acids is 1. The van der Waals surface area contributed by atoms with E-state index in [1.807, 2.05) is 0 Å². The van der Waals surface area contributed by atoms with Crippen molar-refractivity contribution in [1.82, 2.24) is 9.78 Å². The van der Waals surface area contributed by atoms with Crippen LogP contribution in [0.5, 0.6) is 0 Å². The molecule has 1 aromatic carbocycles. The van der Waals surface area contributed by atoms with Crippen LogP contribution in [0.1, 0.15) is 15.9 Å². The molecule has 0 bridgehead atoms. The molecule has 0 atom stereocenters. The Morgan fingerprint density at radius 2 is 2.20 bits per heavy atom. The van der Waals surface area contributed by atoms with E-state index in [0.29, 0.717) is 11.1 Å². The molecule has 0 amide bonds. The van der Waals surface area contributed by atoms with E-state index in [2.05, 4.69) is 5.10 Å². The zero-order valence-corrected chi connectivity index (χ0v) is 8.14. The molecule has 76 valence electrons. The highest BCUT2D eigenvalue weighted by Gasteiger charge is 2.10. The van der Waals surface area contributed by atoms with Gasteiger partial charge in [-0.3, -0.25) is 9.48 Å². The van der Waals surface area contributed by atoms with Gasteiger partial charge in [0, 0.05) is 18.8 Å². The summed E-state index contributed by atoms with van der Waals surface area (Å²) >= 11 is 0. The van der Waals surface area contributed by atoms with Crippen LogP contribution in [0.2, 0.25) is 0 Å². The van der Waals surface area contributed by atoms with Gasteiger partial charge in [-0.1, -0.05) is 12.1 Å². The summed E-state index contributed by atoms with van der Waals surface area (Å²) in [6, 6.07) is 5.62. The Morgan fingerprint density at radius 1 is 1.40 bits per heavy atom. The van der Waals surface area contributed by atoms with Gasteiger partial charge in [0.05, 0.1) is 11.8 Å². The Bertz CT molecular complexity index is 505. The summed E-state index contributed by atoms with van der Waals surface area (Å²) in [5.41, 5.74) is 0.797. The van der Waals surface area contributed by atoms with E-state index in [-0.39, 0.29) is 5.78 Å². The average Bonchev–Trinajstić information content (AvgIpc) is 2.64. The third kappa shape index (κ3) is 1.93. The number of carbonyl (C=O) groups is 1. The van der Waals surface area contributed by atoms with Crippen molar-refractivity contribution in [1.29, 1.82) is 0 Å². The van der Waals surface area contributed by atoms with E-state index in [4.69, 9.17) is 0 Å². The van der Waals surface area contributed by atoms with Crippen LogP contribution < -0.4 is 0 Å². The van der Waals surface area contributed by atoms with Crippen molar-refractivity contribution in [2.45, 2.75) is 0 Å². The molecule has 0 spiro atoms. The van der Waals surface area contributed by atoms with Crippen molar-refractivity contribution in [3.8, 4) is 0 Å². The van der Waals surface area contributed by atoms with Gasteiger partial charge in [-0.2, -0.15) is 5.10 Å². The van der Waals surface area contributed by atoms with Crippen molar-refractivity contribution in [3.63, 3.8) is 0 Å². The first-order valence-corrected chi connectivity index (χ1v) is 4.46. The van der Waals surface area contributed by atoms with Gasteiger partial charge in [0.1, 0.15) is 5.82 Å². The van der Waals surface area contributed by atoms with Gasteiger partial charge < -0.3 is 0 Å². The van der Waals surface area contributed by atoms with E-state index in [1.165, 1.54) is 29.1 Å². The lowest BCUT2D eigenvalue weighted by Gasteiger charge is -1.97. The quantitative estimate of drug-likeness (QED) is 0.699. The fourth-order valence-corrected chi connectivity index (χ4v) is 1.33. The van der Waals surface area contributed by atoms with Gasteiger partial charge in [-0.15, -0.1) is 0 Å². The molecule has 0 saturated heterocycles. The fourth-order valence-electron chi connectivity index (χ4n) is 1.33. The molecule has 0 fully saturated rings. The van der Waals surface area contributed by atoms with Crippen LogP contribution in [0.25, 0.3) is 0 Å². The number of nitrogens with zero attached hydrogens (tertiary/aromatic N) is 2. The van der Waals surface area contributed by atoms with E-state index in [9.17, 15) is 9.18 Å². The van der Waals surface area contributed by atoms with E-state index in [0.717, 1.165) is 0 Å². The highest BCUT2D eigenvalue weighted by Crippen LogP contribution is 2.10. The Labute approximate surface area is 86.2 Å². The van der Waals surface area contributed by atoms with Crippen molar-refractivity contribution in [2.24, 2.45) is 7.05 Å². The number of rotatable bonds is 2. The number of hydrogen-bond acceptors (Lipinski definition) is 2. The number of hydrogen-bond donors (Lipinski definition) is 0. The molecule has 0 aliphatic rings. The topological polar surface area (TPSA) is 34.9 Å². The van der Waals surface area contributed by atoms with E-state index < -0.39 is 5.82 Å². The molecule has 0 saturated carbocycles. The lowest BCUT2D eigenvalue weighted by molar-refractivity contribution is 0.103.